The summed E-state index contributed by atoms with van der Waals surface area (Å²) in [4.78, 5) is 6.52. The van der Waals surface area contributed by atoms with Crippen molar-refractivity contribution in [1.29, 1.82) is 0 Å². The third kappa shape index (κ3) is 6.33. The first-order valence-electron chi connectivity index (χ1n) is 6.10. The van der Waals surface area contributed by atoms with E-state index in [1.165, 1.54) is 0 Å². The molecule has 0 atom stereocenters. The fourth-order valence-electron chi connectivity index (χ4n) is 1.66. The highest BCUT2D eigenvalue weighted by Crippen LogP contribution is 1.91. The lowest BCUT2D eigenvalue weighted by Crippen LogP contribution is -2.38. The Balaban J connectivity index is 2.13. The van der Waals surface area contributed by atoms with E-state index in [0.717, 1.165) is 38.4 Å². The van der Waals surface area contributed by atoms with Crippen molar-refractivity contribution in [2.45, 2.75) is 6.54 Å². The Bertz CT molecular complexity index is 271. The number of rotatable bonds is 9. The van der Waals surface area contributed by atoms with Gasteiger partial charge in [-0.05, 0) is 12.1 Å². The summed E-state index contributed by atoms with van der Waals surface area (Å²) in [6.45, 7) is 5.88. The third-order valence-corrected chi connectivity index (χ3v) is 2.53. The first-order valence-corrected chi connectivity index (χ1v) is 6.10. The summed E-state index contributed by atoms with van der Waals surface area (Å²) in [7, 11) is 0. The van der Waals surface area contributed by atoms with E-state index in [9.17, 15) is 0 Å². The van der Waals surface area contributed by atoms with Gasteiger partial charge in [-0.3, -0.25) is 9.88 Å². The maximum Gasteiger partial charge on any atom is 0.0541 e. The highest BCUT2D eigenvalue weighted by atomic mass is 15.1. The van der Waals surface area contributed by atoms with Crippen molar-refractivity contribution >= 4 is 0 Å². The molecule has 5 heteroatoms. The fourth-order valence-corrected chi connectivity index (χ4v) is 1.66. The zero-order chi connectivity index (χ0) is 12.3. The Hall–Kier alpha value is -1.01. The molecule has 0 aliphatic carbocycles. The molecular weight excluding hydrogens is 214 g/mol. The van der Waals surface area contributed by atoms with Crippen molar-refractivity contribution in [2.75, 3.05) is 39.3 Å². The van der Waals surface area contributed by atoms with E-state index < -0.39 is 0 Å². The van der Waals surface area contributed by atoms with Crippen LogP contribution in [-0.4, -0.2) is 49.2 Å². The molecule has 1 aromatic heterocycles. The Labute approximate surface area is 103 Å². The molecule has 0 saturated carbocycles. The van der Waals surface area contributed by atoms with Crippen LogP contribution in [0.25, 0.3) is 0 Å². The minimum atomic E-state index is 0.681. The summed E-state index contributed by atoms with van der Waals surface area (Å²) < 4.78 is 0. The van der Waals surface area contributed by atoms with Crippen LogP contribution in [0.2, 0.25) is 0 Å². The largest absolute Gasteiger partial charge is 0.329 e. The molecule has 1 aromatic rings. The summed E-state index contributed by atoms with van der Waals surface area (Å²) in [5.41, 5.74) is 12.2. The molecule has 1 heterocycles. The van der Waals surface area contributed by atoms with Crippen LogP contribution in [0.5, 0.6) is 0 Å². The Morgan fingerprint density at radius 2 is 1.88 bits per heavy atom. The van der Waals surface area contributed by atoms with Crippen LogP contribution in [-0.2, 0) is 6.54 Å². The number of hydrogen-bond acceptors (Lipinski definition) is 5. The van der Waals surface area contributed by atoms with Crippen LogP contribution in [0.15, 0.2) is 24.4 Å². The van der Waals surface area contributed by atoms with Crippen molar-refractivity contribution in [3.63, 3.8) is 0 Å². The lowest BCUT2D eigenvalue weighted by molar-refractivity contribution is 0.287. The van der Waals surface area contributed by atoms with Crippen molar-refractivity contribution < 1.29 is 0 Å². The van der Waals surface area contributed by atoms with Gasteiger partial charge in [0, 0.05) is 52.0 Å². The van der Waals surface area contributed by atoms with Gasteiger partial charge in [-0.15, -0.1) is 0 Å². The van der Waals surface area contributed by atoms with Gasteiger partial charge < -0.3 is 16.8 Å². The maximum atomic E-state index is 5.54. The molecule has 0 aliphatic heterocycles. The lowest BCUT2D eigenvalue weighted by Gasteiger charge is -2.20. The van der Waals surface area contributed by atoms with Gasteiger partial charge >= 0.3 is 0 Å². The monoisotopic (exact) mass is 237 g/mol. The van der Waals surface area contributed by atoms with Crippen LogP contribution in [0.1, 0.15) is 5.69 Å². The first kappa shape index (κ1) is 14.1. The zero-order valence-electron chi connectivity index (χ0n) is 10.3. The second-order valence-corrected chi connectivity index (χ2v) is 3.92. The molecule has 0 unspecified atom stereocenters. The SMILES string of the molecule is NCCN(CCN)CCNCc1ccccn1. The van der Waals surface area contributed by atoms with E-state index in [4.69, 9.17) is 11.5 Å². The van der Waals surface area contributed by atoms with E-state index in [-0.39, 0.29) is 0 Å². The molecule has 5 N–H and O–H groups in total. The zero-order valence-corrected chi connectivity index (χ0v) is 10.3. The number of aromatic nitrogens is 1. The topological polar surface area (TPSA) is 80.2 Å². The van der Waals surface area contributed by atoms with E-state index in [1.807, 2.05) is 24.4 Å². The highest BCUT2D eigenvalue weighted by molar-refractivity contribution is 5.02. The minimum absolute atomic E-state index is 0.681. The van der Waals surface area contributed by atoms with Crippen molar-refractivity contribution in [3.8, 4) is 0 Å². The highest BCUT2D eigenvalue weighted by Gasteiger charge is 2.01. The summed E-state index contributed by atoms with van der Waals surface area (Å²) in [5, 5.41) is 3.36. The average Bonchev–Trinajstić information content (AvgIpc) is 2.36. The Kier molecular flexibility index (Phi) is 7.49. The van der Waals surface area contributed by atoms with Crippen LogP contribution in [0.4, 0.5) is 0 Å². The van der Waals surface area contributed by atoms with Gasteiger partial charge in [-0.2, -0.15) is 0 Å². The van der Waals surface area contributed by atoms with Crippen molar-refractivity contribution in [1.82, 2.24) is 15.2 Å². The molecule has 0 spiro atoms. The predicted octanol–water partition coefficient (Wildman–Crippen LogP) is -0.609. The minimum Gasteiger partial charge on any atom is -0.329 e. The Morgan fingerprint density at radius 1 is 1.12 bits per heavy atom. The maximum absolute atomic E-state index is 5.54. The van der Waals surface area contributed by atoms with Crippen molar-refractivity contribution in [3.05, 3.63) is 30.1 Å². The van der Waals surface area contributed by atoms with Gasteiger partial charge in [0.25, 0.3) is 0 Å². The molecule has 0 bridgehead atoms. The number of nitrogens with one attached hydrogen (secondary N) is 1. The molecule has 96 valence electrons. The molecule has 0 fully saturated rings. The van der Waals surface area contributed by atoms with Crippen molar-refractivity contribution in [2.24, 2.45) is 11.5 Å². The molecule has 0 amide bonds. The van der Waals surface area contributed by atoms with Crippen LogP contribution in [0.3, 0.4) is 0 Å². The van der Waals surface area contributed by atoms with E-state index >= 15 is 0 Å². The normalized spacial score (nSPS) is 11.0. The number of nitrogens with two attached hydrogens (primary N) is 2. The van der Waals surface area contributed by atoms with Crippen LogP contribution in [0, 0.1) is 0 Å². The molecule has 0 saturated heterocycles. The van der Waals surface area contributed by atoms with Crippen LogP contribution < -0.4 is 16.8 Å². The average molecular weight is 237 g/mol. The first-order chi connectivity index (χ1) is 8.36. The smallest absolute Gasteiger partial charge is 0.0541 e. The van der Waals surface area contributed by atoms with E-state index in [2.05, 4.69) is 15.2 Å². The summed E-state index contributed by atoms with van der Waals surface area (Å²) in [6, 6.07) is 5.94. The van der Waals surface area contributed by atoms with E-state index in [1.54, 1.807) is 0 Å². The van der Waals surface area contributed by atoms with Gasteiger partial charge in [-0.1, -0.05) is 6.07 Å². The van der Waals surface area contributed by atoms with E-state index in [0.29, 0.717) is 13.1 Å². The second kappa shape index (κ2) is 9.07. The number of pyridine rings is 1. The number of nitrogens with zero attached hydrogens (tertiary/aromatic N) is 2. The molecule has 0 aliphatic rings. The molecule has 0 radical (unpaired) electrons. The molecule has 0 aromatic carbocycles. The Morgan fingerprint density at radius 3 is 2.47 bits per heavy atom. The number of hydrogen-bond donors (Lipinski definition) is 3. The van der Waals surface area contributed by atoms with Gasteiger partial charge in [0.15, 0.2) is 0 Å². The van der Waals surface area contributed by atoms with Gasteiger partial charge in [-0.25, -0.2) is 0 Å². The molecule has 17 heavy (non-hydrogen) atoms. The fraction of sp³-hybridized carbons (Fsp3) is 0.583. The summed E-state index contributed by atoms with van der Waals surface area (Å²) in [5.74, 6) is 0. The van der Waals surface area contributed by atoms with Gasteiger partial charge in [0.05, 0.1) is 5.69 Å². The quantitative estimate of drug-likeness (QED) is 0.499. The van der Waals surface area contributed by atoms with Crippen LogP contribution >= 0.6 is 0 Å². The standard InChI is InChI=1S/C12H23N5/c13-4-8-17(9-5-14)10-7-15-11-12-3-1-2-6-16-12/h1-3,6,15H,4-5,7-11,13-14H2. The van der Waals surface area contributed by atoms with Gasteiger partial charge in [0.1, 0.15) is 0 Å². The lowest BCUT2D eigenvalue weighted by atomic mass is 10.3. The molecule has 5 nitrogen and oxygen atoms in total. The summed E-state index contributed by atoms with van der Waals surface area (Å²) in [6.07, 6.45) is 1.81. The predicted molar refractivity (Wildman–Crippen MR) is 70.5 cm³/mol. The van der Waals surface area contributed by atoms with Gasteiger partial charge in [0.2, 0.25) is 0 Å². The molecular formula is C12H23N5. The summed E-state index contributed by atoms with van der Waals surface area (Å²) >= 11 is 0. The second-order valence-electron chi connectivity index (χ2n) is 3.92. The molecule has 1 rings (SSSR count). The third-order valence-electron chi connectivity index (χ3n) is 2.53.